The number of ketones is 1. The van der Waals surface area contributed by atoms with Gasteiger partial charge in [-0.1, -0.05) is 38.1 Å². The van der Waals surface area contributed by atoms with Crippen LogP contribution in [0, 0.1) is 0 Å². The number of nitrogens with zero attached hydrogens (tertiary/aromatic N) is 1. The van der Waals surface area contributed by atoms with Crippen LogP contribution >= 0.6 is 0 Å². The number of carbonyl (C=O) groups is 2. The van der Waals surface area contributed by atoms with Crippen LogP contribution in [-0.2, 0) is 14.3 Å². The second-order valence-corrected chi connectivity index (χ2v) is 9.26. The fourth-order valence-electron chi connectivity index (χ4n) is 4.28. The van der Waals surface area contributed by atoms with Crippen LogP contribution in [0.3, 0.4) is 0 Å². The molecule has 2 aromatic carbocycles. The van der Waals surface area contributed by atoms with Crippen LogP contribution in [0.1, 0.15) is 70.2 Å². The zero-order valence-corrected chi connectivity index (χ0v) is 22.0. The molecule has 1 saturated heterocycles. The van der Waals surface area contributed by atoms with E-state index in [1.807, 2.05) is 52.0 Å². The summed E-state index contributed by atoms with van der Waals surface area (Å²) >= 11 is 0. The highest BCUT2D eigenvalue weighted by molar-refractivity contribution is 6.46. The molecule has 1 heterocycles. The number of aliphatic hydroxyl groups excluding tert-OH is 1. The molecule has 1 amide bonds. The Morgan fingerprint density at radius 1 is 0.972 bits per heavy atom. The average Bonchev–Trinajstić information content (AvgIpc) is 3.09. The van der Waals surface area contributed by atoms with Crippen molar-refractivity contribution in [2.45, 2.75) is 59.6 Å². The maximum absolute atomic E-state index is 13.3. The second kappa shape index (κ2) is 12.1. The number of hydrogen-bond acceptors (Lipinski definition) is 6. The lowest BCUT2D eigenvalue weighted by Gasteiger charge is -2.26. The summed E-state index contributed by atoms with van der Waals surface area (Å²) in [5.74, 6) is -0.363. The molecule has 3 rings (SSSR count). The first-order valence-electron chi connectivity index (χ1n) is 12.6. The third kappa shape index (κ3) is 5.90. The van der Waals surface area contributed by atoms with E-state index in [0.717, 1.165) is 11.1 Å². The monoisotopic (exact) mass is 495 g/mol. The molecule has 1 unspecified atom stereocenters. The van der Waals surface area contributed by atoms with Crippen LogP contribution in [0.15, 0.2) is 48.0 Å². The predicted molar refractivity (Wildman–Crippen MR) is 139 cm³/mol. The number of Topliss-reactive ketones (excluding diaryl/α,β-unsaturated/α-hetero) is 1. The van der Waals surface area contributed by atoms with Crippen LogP contribution < -0.4 is 9.47 Å². The lowest BCUT2D eigenvalue weighted by Crippen LogP contribution is -2.33. The zero-order valence-electron chi connectivity index (χ0n) is 22.0. The summed E-state index contributed by atoms with van der Waals surface area (Å²) in [6.45, 7) is 13.1. The normalized spacial score (nSPS) is 17.3. The van der Waals surface area contributed by atoms with Crippen molar-refractivity contribution in [3.05, 3.63) is 64.7 Å². The quantitative estimate of drug-likeness (QED) is 0.253. The average molecular weight is 496 g/mol. The minimum atomic E-state index is -0.747. The molecule has 0 radical (unpaired) electrons. The largest absolute Gasteiger partial charge is 0.507 e. The van der Waals surface area contributed by atoms with Crippen molar-refractivity contribution in [1.29, 1.82) is 0 Å². The maximum atomic E-state index is 13.3. The van der Waals surface area contributed by atoms with Crippen molar-refractivity contribution in [2.24, 2.45) is 0 Å². The summed E-state index contributed by atoms with van der Waals surface area (Å²) in [7, 11) is 0. The summed E-state index contributed by atoms with van der Waals surface area (Å²) in [5, 5.41) is 11.5. The highest BCUT2D eigenvalue weighted by Gasteiger charge is 2.46. The zero-order chi connectivity index (χ0) is 26.4. The van der Waals surface area contributed by atoms with Gasteiger partial charge in [-0.25, -0.2) is 0 Å². The van der Waals surface area contributed by atoms with E-state index in [0.29, 0.717) is 36.2 Å². The third-order valence-corrected chi connectivity index (χ3v) is 6.06. The molecule has 1 atom stereocenters. The summed E-state index contributed by atoms with van der Waals surface area (Å²) in [5.41, 5.74) is 2.25. The van der Waals surface area contributed by atoms with Crippen molar-refractivity contribution in [3.8, 4) is 11.5 Å². The number of hydrogen-bond donors (Lipinski definition) is 1. The molecular weight excluding hydrogens is 458 g/mol. The Labute approximate surface area is 213 Å². The van der Waals surface area contributed by atoms with Gasteiger partial charge in [0, 0.05) is 12.6 Å². The van der Waals surface area contributed by atoms with E-state index in [2.05, 4.69) is 13.8 Å². The lowest BCUT2D eigenvalue weighted by molar-refractivity contribution is -0.140. The first-order chi connectivity index (χ1) is 17.2. The molecular formula is C29H37NO6. The Hall–Kier alpha value is -3.32. The smallest absolute Gasteiger partial charge is 0.295 e. The van der Waals surface area contributed by atoms with E-state index in [9.17, 15) is 14.7 Å². The summed E-state index contributed by atoms with van der Waals surface area (Å²) in [6.07, 6.45) is -0.0109. The van der Waals surface area contributed by atoms with Crippen LogP contribution in [0.2, 0.25) is 0 Å². The number of benzene rings is 2. The fourth-order valence-corrected chi connectivity index (χ4v) is 4.28. The molecule has 0 bridgehead atoms. The van der Waals surface area contributed by atoms with Crippen LogP contribution in [0.5, 0.6) is 11.5 Å². The summed E-state index contributed by atoms with van der Waals surface area (Å²) in [4.78, 5) is 28.0. The Kier molecular flexibility index (Phi) is 9.15. The Balaban J connectivity index is 2.14. The molecule has 36 heavy (non-hydrogen) atoms. The van der Waals surface area contributed by atoms with Gasteiger partial charge in [0.25, 0.3) is 11.7 Å². The molecule has 1 fully saturated rings. The van der Waals surface area contributed by atoms with Crippen molar-refractivity contribution in [1.82, 2.24) is 4.90 Å². The van der Waals surface area contributed by atoms with Crippen molar-refractivity contribution in [3.63, 3.8) is 0 Å². The topological polar surface area (TPSA) is 85.3 Å². The van der Waals surface area contributed by atoms with Gasteiger partial charge in [0.2, 0.25) is 0 Å². The van der Waals surface area contributed by atoms with Crippen molar-refractivity contribution >= 4 is 17.4 Å². The number of ether oxygens (including phenoxy) is 3. The van der Waals surface area contributed by atoms with Gasteiger partial charge in [-0.15, -0.1) is 0 Å². The SMILES string of the molecule is CCOc1ccc(/C(O)=C2/C(=O)C(=O)N(CCOC(C)C)C2c2ccc(C(C)C)cc2)c(OCC)c1. The number of aliphatic hydroxyl groups is 1. The lowest BCUT2D eigenvalue weighted by atomic mass is 9.93. The van der Waals surface area contributed by atoms with Gasteiger partial charge in [0.05, 0.1) is 43.1 Å². The fraction of sp³-hybridized carbons (Fsp3) is 0.448. The Bertz CT molecular complexity index is 1100. The maximum Gasteiger partial charge on any atom is 0.295 e. The number of amides is 1. The van der Waals surface area contributed by atoms with E-state index >= 15 is 0 Å². The summed E-state index contributed by atoms with van der Waals surface area (Å²) < 4.78 is 17.0. The van der Waals surface area contributed by atoms with Gasteiger partial charge in [-0.05, 0) is 56.9 Å². The van der Waals surface area contributed by atoms with E-state index in [1.54, 1.807) is 18.2 Å². The third-order valence-electron chi connectivity index (χ3n) is 6.06. The first kappa shape index (κ1) is 27.3. The second-order valence-electron chi connectivity index (χ2n) is 9.26. The van der Waals surface area contributed by atoms with Crippen LogP contribution in [0.25, 0.3) is 5.76 Å². The number of likely N-dealkylation sites (tertiary alicyclic amines) is 1. The number of carbonyl (C=O) groups excluding carboxylic acids is 2. The Morgan fingerprint density at radius 2 is 1.64 bits per heavy atom. The molecule has 1 N–H and O–H groups in total. The molecule has 0 spiro atoms. The van der Waals surface area contributed by atoms with E-state index in [-0.39, 0.29) is 30.6 Å². The van der Waals surface area contributed by atoms with Gasteiger partial charge in [0.15, 0.2) is 0 Å². The molecule has 0 aromatic heterocycles. The molecule has 2 aromatic rings. The highest BCUT2D eigenvalue weighted by Crippen LogP contribution is 2.41. The minimum Gasteiger partial charge on any atom is -0.507 e. The highest BCUT2D eigenvalue weighted by atomic mass is 16.5. The molecule has 0 saturated carbocycles. The van der Waals surface area contributed by atoms with Crippen LogP contribution in [-0.4, -0.2) is 54.2 Å². The molecule has 7 nitrogen and oxygen atoms in total. The summed E-state index contributed by atoms with van der Waals surface area (Å²) in [6, 6.07) is 12.1. The molecule has 194 valence electrons. The first-order valence-corrected chi connectivity index (χ1v) is 12.6. The van der Waals surface area contributed by atoms with Gasteiger partial charge >= 0.3 is 0 Å². The van der Waals surface area contributed by atoms with Gasteiger partial charge in [0.1, 0.15) is 17.3 Å². The van der Waals surface area contributed by atoms with Crippen LogP contribution in [0.4, 0.5) is 0 Å². The van der Waals surface area contributed by atoms with E-state index in [4.69, 9.17) is 14.2 Å². The van der Waals surface area contributed by atoms with E-state index < -0.39 is 17.7 Å². The van der Waals surface area contributed by atoms with Gasteiger partial charge < -0.3 is 24.2 Å². The molecule has 1 aliphatic rings. The minimum absolute atomic E-state index is 0.0109. The molecule has 7 heteroatoms. The van der Waals surface area contributed by atoms with Crippen molar-refractivity contribution in [2.75, 3.05) is 26.4 Å². The van der Waals surface area contributed by atoms with Gasteiger partial charge in [-0.2, -0.15) is 0 Å². The molecule has 1 aliphatic heterocycles. The van der Waals surface area contributed by atoms with Crippen molar-refractivity contribution < 1.29 is 28.9 Å². The van der Waals surface area contributed by atoms with Gasteiger partial charge in [-0.3, -0.25) is 9.59 Å². The predicted octanol–water partition coefficient (Wildman–Crippen LogP) is 5.45. The van der Waals surface area contributed by atoms with E-state index in [1.165, 1.54) is 4.90 Å². The number of rotatable bonds is 11. The standard InChI is InChI=1S/C29H37NO6/c1-7-34-22-13-14-23(24(17-22)35-8-2)27(31)25-26(21-11-9-20(10-12-21)18(3)4)30(29(33)28(25)32)15-16-36-19(5)6/h9-14,17-19,26,31H,7-8,15-16H2,1-6H3/b27-25-. The Morgan fingerprint density at radius 3 is 2.22 bits per heavy atom. The molecule has 0 aliphatic carbocycles.